The summed E-state index contributed by atoms with van der Waals surface area (Å²) < 4.78 is 27.1. The van der Waals surface area contributed by atoms with Gasteiger partial charge in [-0.2, -0.15) is 4.31 Å². The number of hydrogen-bond donors (Lipinski definition) is 3. The summed E-state index contributed by atoms with van der Waals surface area (Å²) in [4.78, 5) is 23.5. The molecular weight excluding hydrogens is 394 g/mol. The zero-order valence-electron chi connectivity index (χ0n) is 16.0. The van der Waals surface area contributed by atoms with Crippen LogP contribution in [-0.2, 0) is 14.8 Å². The van der Waals surface area contributed by atoms with Gasteiger partial charge in [0.15, 0.2) is 0 Å². The van der Waals surface area contributed by atoms with E-state index in [1.165, 1.54) is 35.5 Å². The summed E-state index contributed by atoms with van der Waals surface area (Å²) in [6, 6.07) is 12.1. The van der Waals surface area contributed by atoms with Gasteiger partial charge in [0.2, 0.25) is 15.9 Å². The van der Waals surface area contributed by atoms with E-state index in [1.54, 1.807) is 24.3 Å². The predicted molar refractivity (Wildman–Crippen MR) is 108 cm³/mol. The first-order valence-corrected chi connectivity index (χ1v) is 10.7. The van der Waals surface area contributed by atoms with Crippen LogP contribution in [0.2, 0.25) is 0 Å². The Kier molecular flexibility index (Phi) is 6.19. The van der Waals surface area contributed by atoms with Crippen LogP contribution in [0.25, 0.3) is 0 Å². The topological polar surface area (TPSA) is 116 Å². The average molecular weight is 417 g/mol. The number of phenolic OH excluding ortho intramolecular Hbond substituents is 1. The van der Waals surface area contributed by atoms with E-state index in [4.69, 9.17) is 0 Å². The van der Waals surface area contributed by atoms with Crippen LogP contribution in [0, 0.1) is 0 Å². The quantitative estimate of drug-likeness (QED) is 0.688. The van der Waals surface area contributed by atoms with Crippen LogP contribution in [0.3, 0.4) is 0 Å². The lowest BCUT2D eigenvalue weighted by molar-refractivity contribution is -0.114. The minimum absolute atomic E-state index is 0.0901. The Labute approximate surface area is 169 Å². The lowest BCUT2D eigenvalue weighted by atomic mass is 10.1. The summed E-state index contributed by atoms with van der Waals surface area (Å²) >= 11 is 0. The van der Waals surface area contributed by atoms with E-state index in [9.17, 15) is 23.1 Å². The number of carbonyl (C=O) groups excluding carboxylic acids is 2. The van der Waals surface area contributed by atoms with Crippen molar-refractivity contribution in [2.75, 3.05) is 18.4 Å². The Morgan fingerprint density at radius 3 is 2.24 bits per heavy atom. The van der Waals surface area contributed by atoms with Gasteiger partial charge in [0.05, 0.1) is 10.5 Å². The molecule has 0 aromatic heterocycles. The summed E-state index contributed by atoms with van der Waals surface area (Å²) in [5, 5.41) is 15.2. The number of para-hydroxylation sites is 1. The van der Waals surface area contributed by atoms with Crippen molar-refractivity contribution in [1.29, 1.82) is 0 Å². The molecule has 3 rings (SSSR count). The summed E-state index contributed by atoms with van der Waals surface area (Å²) in [6.45, 7) is 1.94. The van der Waals surface area contributed by atoms with Crippen molar-refractivity contribution in [2.45, 2.75) is 30.7 Å². The van der Waals surface area contributed by atoms with Gasteiger partial charge in [-0.15, -0.1) is 0 Å². The predicted octanol–water partition coefficient (Wildman–Crippen LogP) is 1.93. The van der Waals surface area contributed by atoms with Crippen LogP contribution in [0.15, 0.2) is 53.4 Å². The van der Waals surface area contributed by atoms with Crippen molar-refractivity contribution in [3.8, 4) is 5.75 Å². The first-order valence-electron chi connectivity index (χ1n) is 9.24. The largest absolute Gasteiger partial charge is 0.507 e. The van der Waals surface area contributed by atoms with Gasteiger partial charge in [0.1, 0.15) is 5.75 Å². The summed E-state index contributed by atoms with van der Waals surface area (Å²) in [7, 11) is -3.65. The van der Waals surface area contributed by atoms with Crippen LogP contribution < -0.4 is 10.6 Å². The number of benzene rings is 2. The Hall–Kier alpha value is -2.91. The number of nitrogens with one attached hydrogen (secondary N) is 2. The second-order valence-electron chi connectivity index (χ2n) is 6.87. The van der Waals surface area contributed by atoms with E-state index < -0.39 is 10.0 Å². The molecule has 3 N–H and O–H groups in total. The third kappa shape index (κ3) is 4.93. The summed E-state index contributed by atoms with van der Waals surface area (Å²) in [5.74, 6) is -0.695. The molecular formula is C20H23N3O5S. The Bertz CT molecular complexity index is 997. The number of nitrogens with zero attached hydrogens (tertiary/aromatic N) is 1. The monoisotopic (exact) mass is 417 g/mol. The summed E-state index contributed by atoms with van der Waals surface area (Å²) in [5.41, 5.74) is 0.726. The van der Waals surface area contributed by atoms with Crippen molar-refractivity contribution in [3.05, 3.63) is 54.1 Å². The zero-order valence-corrected chi connectivity index (χ0v) is 16.8. The molecule has 0 saturated carbocycles. The highest BCUT2D eigenvalue weighted by Gasteiger charge is 2.30. The van der Waals surface area contributed by atoms with Crippen molar-refractivity contribution in [3.63, 3.8) is 0 Å². The fourth-order valence-electron chi connectivity index (χ4n) is 3.23. The maximum Gasteiger partial charge on any atom is 0.255 e. The van der Waals surface area contributed by atoms with E-state index in [-0.39, 0.29) is 47.2 Å². The van der Waals surface area contributed by atoms with Crippen molar-refractivity contribution >= 4 is 27.5 Å². The molecule has 9 heteroatoms. The van der Waals surface area contributed by atoms with Gasteiger partial charge in [-0.3, -0.25) is 9.59 Å². The van der Waals surface area contributed by atoms with Crippen LogP contribution >= 0.6 is 0 Å². The Balaban J connectivity index is 1.60. The van der Waals surface area contributed by atoms with Crippen LogP contribution in [-0.4, -0.2) is 48.8 Å². The minimum atomic E-state index is -3.65. The molecule has 1 aliphatic rings. The highest BCUT2D eigenvalue weighted by molar-refractivity contribution is 7.89. The number of sulfonamides is 1. The average Bonchev–Trinajstić information content (AvgIpc) is 2.68. The van der Waals surface area contributed by atoms with Crippen LogP contribution in [0.4, 0.5) is 5.69 Å². The van der Waals surface area contributed by atoms with E-state index in [0.717, 1.165) is 0 Å². The SMILES string of the molecule is CC(=O)Nc1ccc(S(=O)(=O)N2CCC(NC(=O)c3ccccc3O)CC2)cc1. The first kappa shape index (κ1) is 20.8. The normalized spacial score (nSPS) is 15.6. The second kappa shape index (κ2) is 8.62. The van der Waals surface area contributed by atoms with E-state index in [0.29, 0.717) is 18.5 Å². The maximum atomic E-state index is 12.8. The van der Waals surface area contributed by atoms with E-state index in [2.05, 4.69) is 10.6 Å². The molecule has 0 aliphatic carbocycles. The highest BCUT2D eigenvalue weighted by atomic mass is 32.2. The molecule has 0 atom stereocenters. The van der Waals surface area contributed by atoms with Gasteiger partial charge in [-0.1, -0.05) is 12.1 Å². The lowest BCUT2D eigenvalue weighted by Gasteiger charge is -2.31. The molecule has 1 aliphatic heterocycles. The van der Waals surface area contributed by atoms with Gasteiger partial charge < -0.3 is 15.7 Å². The second-order valence-corrected chi connectivity index (χ2v) is 8.81. The number of anilines is 1. The van der Waals surface area contributed by atoms with Gasteiger partial charge in [0, 0.05) is 31.7 Å². The Morgan fingerprint density at radius 2 is 1.66 bits per heavy atom. The fourth-order valence-corrected chi connectivity index (χ4v) is 4.70. The maximum absolute atomic E-state index is 12.8. The molecule has 154 valence electrons. The molecule has 0 bridgehead atoms. The standard InChI is InChI=1S/C20H23N3O5S/c1-14(24)21-15-6-8-17(9-7-15)29(27,28)23-12-10-16(11-13-23)22-20(26)18-4-2-3-5-19(18)25/h2-9,16,25H,10-13H2,1H3,(H,21,24)(H,22,26). The first-order chi connectivity index (χ1) is 13.8. The van der Waals surface area contributed by atoms with Crippen LogP contribution in [0.5, 0.6) is 5.75 Å². The smallest absolute Gasteiger partial charge is 0.255 e. The molecule has 0 unspecified atom stereocenters. The third-order valence-corrected chi connectivity index (χ3v) is 6.66. The molecule has 0 spiro atoms. The number of rotatable bonds is 5. The number of phenols is 1. The number of amides is 2. The molecule has 1 fully saturated rings. The molecule has 1 heterocycles. The molecule has 1 saturated heterocycles. The van der Waals surface area contributed by atoms with E-state index in [1.807, 2.05) is 0 Å². The number of aromatic hydroxyl groups is 1. The summed E-state index contributed by atoms with van der Waals surface area (Å²) in [6.07, 6.45) is 0.949. The van der Waals surface area contributed by atoms with Crippen molar-refractivity contribution in [1.82, 2.24) is 9.62 Å². The highest BCUT2D eigenvalue weighted by Crippen LogP contribution is 2.23. The van der Waals surface area contributed by atoms with Crippen LogP contribution in [0.1, 0.15) is 30.1 Å². The van der Waals surface area contributed by atoms with Crippen molar-refractivity contribution in [2.24, 2.45) is 0 Å². The fraction of sp³-hybridized carbons (Fsp3) is 0.300. The van der Waals surface area contributed by atoms with Gasteiger partial charge >= 0.3 is 0 Å². The molecule has 29 heavy (non-hydrogen) atoms. The number of hydrogen-bond acceptors (Lipinski definition) is 5. The number of piperidine rings is 1. The zero-order chi connectivity index (χ0) is 21.0. The molecule has 2 aromatic carbocycles. The molecule has 0 radical (unpaired) electrons. The Morgan fingerprint density at radius 1 is 1.03 bits per heavy atom. The third-order valence-electron chi connectivity index (χ3n) is 4.75. The van der Waals surface area contributed by atoms with Gasteiger partial charge in [-0.05, 0) is 49.2 Å². The van der Waals surface area contributed by atoms with Crippen molar-refractivity contribution < 1.29 is 23.1 Å². The lowest BCUT2D eigenvalue weighted by Crippen LogP contribution is -2.46. The van der Waals surface area contributed by atoms with Gasteiger partial charge in [0.25, 0.3) is 5.91 Å². The molecule has 2 aromatic rings. The molecule has 2 amide bonds. The van der Waals surface area contributed by atoms with E-state index >= 15 is 0 Å². The molecule has 8 nitrogen and oxygen atoms in total. The van der Waals surface area contributed by atoms with Gasteiger partial charge in [-0.25, -0.2) is 8.42 Å². The number of carbonyl (C=O) groups is 2. The minimum Gasteiger partial charge on any atom is -0.507 e.